The molecule has 1 aromatic carbocycles. The van der Waals surface area contributed by atoms with Crippen molar-refractivity contribution in [2.24, 2.45) is 0 Å². The number of fused-ring (bicyclic) bond motifs is 1. The van der Waals surface area contributed by atoms with Crippen molar-refractivity contribution in [2.45, 2.75) is 60.8 Å². The maximum absolute atomic E-state index is 2.30. The molecule has 0 fully saturated rings. The zero-order valence-corrected chi connectivity index (χ0v) is 11.3. The number of hydrogen-bond donors (Lipinski definition) is 0. The van der Waals surface area contributed by atoms with E-state index in [4.69, 9.17) is 0 Å². The van der Waals surface area contributed by atoms with Gasteiger partial charge in [0, 0.05) is 0 Å². The predicted molar refractivity (Wildman–Crippen MR) is 70.6 cm³/mol. The minimum absolute atomic E-state index is 1.30. The van der Waals surface area contributed by atoms with Gasteiger partial charge in [0.1, 0.15) is 0 Å². The summed E-state index contributed by atoms with van der Waals surface area (Å²) in [6, 6.07) is 4.55. The van der Waals surface area contributed by atoms with Gasteiger partial charge in [-0.2, -0.15) is 0 Å². The number of aryl methyl sites for hydroxylation is 2. The van der Waals surface area contributed by atoms with E-state index >= 15 is 0 Å². The molecule has 0 atom stereocenters. The molecule has 0 aliphatic heterocycles. The molecular weight excluding hydrogens is 180 g/mol. The molecule has 0 amide bonds. The fourth-order valence-electron chi connectivity index (χ4n) is 1.97. The van der Waals surface area contributed by atoms with Gasteiger partial charge < -0.3 is 0 Å². The Hall–Kier alpha value is -0.780. The van der Waals surface area contributed by atoms with Crippen LogP contribution in [0.3, 0.4) is 0 Å². The van der Waals surface area contributed by atoms with Gasteiger partial charge in [-0.15, -0.1) is 0 Å². The van der Waals surface area contributed by atoms with Gasteiger partial charge in [-0.3, -0.25) is 0 Å². The van der Waals surface area contributed by atoms with Crippen molar-refractivity contribution in [2.75, 3.05) is 0 Å². The Labute approximate surface area is 95.7 Å². The summed E-state index contributed by atoms with van der Waals surface area (Å²) in [4.78, 5) is 0. The highest BCUT2D eigenvalue weighted by molar-refractivity contribution is 5.42. The molecule has 0 saturated heterocycles. The smallest absolute Gasteiger partial charge is 0.0270 e. The van der Waals surface area contributed by atoms with Crippen LogP contribution in [0.25, 0.3) is 0 Å². The van der Waals surface area contributed by atoms with Gasteiger partial charge >= 0.3 is 0 Å². The summed E-state index contributed by atoms with van der Waals surface area (Å²) in [5.74, 6) is 0. The summed E-state index contributed by atoms with van der Waals surface area (Å²) in [7, 11) is 0. The van der Waals surface area contributed by atoms with E-state index in [-0.39, 0.29) is 0 Å². The van der Waals surface area contributed by atoms with Crippen LogP contribution >= 0.6 is 0 Å². The van der Waals surface area contributed by atoms with Crippen LogP contribution in [0.5, 0.6) is 0 Å². The van der Waals surface area contributed by atoms with Gasteiger partial charge in [0.2, 0.25) is 0 Å². The zero-order valence-electron chi connectivity index (χ0n) is 11.3. The summed E-state index contributed by atoms with van der Waals surface area (Å²) in [5.41, 5.74) is 6.20. The maximum atomic E-state index is 2.30. The number of rotatable bonds is 0. The second kappa shape index (κ2) is 7.50. The van der Waals surface area contributed by atoms with Crippen molar-refractivity contribution < 1.29 is 0 Å². The van der Waals surface area contributed by atoms with E-state index in [1.165, 1.54) is 30.4 Å². The van der Waals surface area contributed by atoms with Crippen molar-refractivity contribution in [1.29, 1.82) is 0 Å². The topological polar surface area (TPSA) is 0 Å². The Morgan fingerprint density at radius 3 is 2.07 bits per heavy atom. The quantitative estimate of drug-likeness (QED) is 0.569. The van der Waals surface area contributed by atoms with E-state index in [2.05, 4.69) is 26.0 Å². The monoisotopic (exact) mass is 206 g/mol. The van der Waals surface area contributed by atoms with Gasteiger partial charge in [-0.1, -0.05) is 39.8 Å². The van der Waals surface area contributed by atoms with E-state index in [9.17, 15) is 0 Å². The summed E-state index contributed by atoms with van der Waals surface area (Å²) < 4.78 is 0. The Balaban J connectivity index is 0.000000442. The first kappa shape index (κ1) is 14.2. The van der Waals surface area contributed by atoms with Gasteiger partial charge in [0.15, 0.2) is 0 Å². The third kappa shape index (κ3) is 3.37. The second-order valence-electron chi connectivity index (χ2n) is 3.50. The maximum Gasteiger partial charge on any atom is -0.0270 e. The first-order valence-electron chi connectivity index (χ1n) is 6.37. The number of hydrogen-bond acceptors (Lipinski definition) is 0. The van der Waals surface area contributed by atoms with Crippen LogP contribution in [0, 0.1) is 13.8 Å². The van der Waals surface area contributed by atoms with Gasteiger partial charge in [0.25, 0.3) is 0 Å². The highest BCUT2D eigenvalue weighted by Gasteiger charge is 2.12. The predicted octanol–water partition coefficient (Wildman–Crippen LogP) is 4.84. The summed E-state index contributed by atoms with van der Waals surface area (Å²) >= 11 is 0. The molecule has 0 heteroatoms. The van der Waals surface area contributed by atoms with Gasteiger partial charge in [0.05, 0.1) is 0 Å². The molecule has 1 aromatic rings. The van der Waals surface area contributed by atoms with E-state index < -0.39 is 0 Å². The van der Waals surface area contributed by atoms with E-state index in [1.54, 1.807) is 11.1 Å². The van der Waals surface area contributed by atoms with Crippen LogP contribution in [0.2, 0.25) is 0 Å². The van der Waals surface area contributed by atoms with E-state index in [0.29, 0.717) is 0 Å². The summed E-state index contributed by atoms with van der Waals surface area (Å²) in [6.45, 7) is 12.5. The molecule has 0 unspecified atom stereocenters. The summed E-state index contributed by atoms with van der Waals surface area (Å²) in [5, 5.41) is 0. The highest BCUT2D eigenvalue weighted by atomic mass is 14.2. The molecule has 86 valence electrons. The number of benzene rings is 1. The molecule has 1 aliphatic rings. The molecule has 0 nitrogen and oxygen atoms in total. The normalized spacial score (nSPS) is 11.9. The lowest BCUT2D eigenvalue weighted by atomic mass is 10.00. The lowest BCUT2D eigenvalue weighted by Gasteiger charge is -2.06. The van der Waals surface area contributed by atoms with E-state index in [1.807, 2.05) is 27.7 Å². The molecular formula is C15H26. The van der Waals surface area contributed by atoms with Crippen molar-refractivity contribution in [3.05, 3.63) is 34.4 Å². The van der Waals surface area contributed by atoms with Crippen molar-refractivity contribution in [1.82, 2.24) is 0 Å². The van der Waals surface area contributed by atoms with Crippen LogP contribution < -0.4 is 0 Å². The molecule has 0 aromatic heterocycles. The van der Waals surface area contributed by atoms with Crippen molar-refractivity contribution in [3.63, 3.8) is 0 Å². The van der Waals surface area contributed by atoms with Crippen molar-refractivity contribution in [3.8, 4) is 0 Å². The third-order valence-electron chi connectivity index (χ3n) is 2.84. The average Bonchev–Trinajstić information content (AvgIpc) is 2.78. The van der Waals surface area contributed by atoms with Gasteiger partial charge in [-0.25, -0.2) is 0 Å². The lowest BCUT2D eigenvalue weighted by Crippen LogP contribution is -1.90. The van der Waals surface area contributed by atoms with E-state index in [0.717, 1.165) is 0 Å². The first-order valence-corrected chi connectivity index (χ1v) is 6.37. The minimum Gasteiger partial charge on any atom is -0.0683 e. The SMILES string of the molecule is CC.CC.Cc1ccc2c(c1C)CCC2. The molecule has 0 heterocycles. The lowest BCUT2D eigenvalue weighted by molar-refractivity contribution is 0.909. The standard InChI is InChI=1S/C11H14.2C2H6/c1-8-6-7-10-4-3-5-11(10)9(8)2;2*1-2/h6-7H,3-5H2,1-2H3;2*1-2H3. The molecule has 1 aliphatic carbocycles. The second-order valence-corrected chi connectivity index (χ2v) is 3.50. The fourth-order valence-corrected chi connectivity index (χ4v) is 1.97. The van der Waals surface area contributed by atoms with Crippen LogP contribution in [0.15, 0.2) is 12.1 Å². The third-order valence-corrected chi connectivity index (χ3v) is 2.84. The van der Waals surface area contributed by atoms with Crippen LogP contribution in [0.4, 0.5) is 0 Å². The first-order chi connectivity index (χ1) is 7.29. The minimum atomic E-state index is 1.30. The Morgan fingerprint density at radius 1 is 0.867 bits per heavy atom. The average molecular weight is 206 g/mol. The Bertz CT molecular complexity index is 284. The largest absolute Gasteiger partial charge is 0.0683 e. The molecule has 0 bridgehead atoms. The molecule has 0 N–H and O–H groups in total. The van der Waals surface area contributed by atoms with Crippen molar-refractivity contribution >= 4 is 0 Å². The molecule has 0 saturated carbocycles. The van der Waals surface area contributed by atoms with Crippen LogP contribution in [-0.2, 0) is 12.8 Å². The van der Waals surface area contributed by atoms with Crippen LogP contribution in [0.1, 0.15) is 56.4 Å². The highest BCUT2D eigenvalue weighted by Crippen LogP contribution is 2.26. The molecule has 2 rings (SSSR count). The van der Waals surface area contributed by atoms with Gasteiger partial charge in [-0.05, 0) is 55.4 Å². The zero-order chi connectivity index (χ0) is 11.8. The summed E-state index contributed by atoms with van der Waals surface area (Å²) in [6.07, 6.45) is 3.97. The molecule has 0 radical (unpaired) electrons. The molecule has 15 heavy (non-hydrogen) atoms. The Morgan fingerprint density at radius 2 is 1.47 bits per heavy atom. The fraction of sp³-hybridized carbons (Fsp3) is 0.600. The molecule has 0 spiro atoms. The Kier molecular flexibility index (Phi) is 7.11. The van der Waals surface area contributed by atoms with Crippen LogP contribution in [-0.4, -0.2) is 0 Å².